The van der Waals surface area contributed by atoms with Crippen molar-refractivity contribution in [2.45, 2.75) is 20.8 Å². The van der Waals surface area contributed by atoms with Gasteiger partial charge in [-0.25, -0.2) is 4.79 Å². The molecule has 0 unspecified atom stereocenters. The normalized spacial score (nSPS) is 14.2. The number of anilines is 2. The summed E-state index contributed by atoms with van der Waals surface area (Å²) in [7, 11) is 0. The third-order valence-electron chi connectivity index (χ3n) is 5.47. The first-order chi connectivity index (χ1) is 17.8. The zero-order valence-electron chi connectivity index (χ0n) is 20.4. The van der Waals surface area contributed by atoms with Gasteiger partial charge in [0.25, 0.3) is 11.8 Å². The molecule has 0 bridgehead atoms. The molecule has 1 saturated heterocycles. The Kier molecular flexibility index (Phi) is 8.42. The van der Waals surface area contributed by atoms with Crippen LogP contribution in [0, 0.1) is 13.8 Å². The fourth-order valence-corrected chi connectivity index (χ4v) is 5.92. The van der Waals surface area contributed by atoms with Crippen LogP contribution < -0.4 is 15.0 Å². The minimum Gasteiger partial charge on any atom is -0.484 e. The van der Waals surface area contributed by atoms with Crippen molar-refractivity contribution in [1.82, 2.24) is 0 Å². The molecule has 2 heterocycles. The van der Waals surface area contributed by atoms with Gasteiger partial charge in [-0.3, -0.25) is 14.5 Å². The number of esters is 1. The number of para-hydroxylation sites is 1. The highest BCUT2D eigenvalue weighted by Gasteiger charge is 2.33. The highest BCUT2D eigenvalue weighted by molar-refractivity contribution is 8.27. The lowest BCUT2D eigenvalue weighted by molar-refractivity contribution is -0.118. The number of nitrogens with zero attached hydrogens (tertiary/aromatic N) is 1. The third-order valence-corrected chi connectivity index (χ3v) is 7.90. The zero-order chi connectivity index (χ0) is 26.5. The van der Waals surface area contributed by atoms with Crippen LogP contribution in [0.2, 0.25) is 0 Å². The van der Waals surface area contributed by atoms with Gasteiger partial charge in [0.2, 0.25) is 0 Å². The van der Waals surface area contributed by atoms with Crippen LogP contribution >= 0.6 is 35.3 Å². The van der Waals surface area contributed by atoms with Crippen LogP contribution in [0.3, 0.4) is 0 Å². The van der Waals surface area contributed by atoms with Gasteiger partial charge in [-0.05, 0) is 62.2 Å². The van der Waals surface area contributed by atoms with E-state index in [1.807, 2.05) is 44.2 Å². The summed E-state index contributed by atoms with van der Waals surface area (Å²) in [4.78, 5) is 40.7. The highest BCUT2D eigenvalue weighted by Crippen LogP contribution is 2.36. The average molecular weight is 553 g/mol. The summed E-state index contributed by atoms with van der Waals surface area (Å²) in [5.74, 6) is -0.523. The molecule has 2 aromatic carbocycles. The lowest BCUT2D eigenvalue weighted by atomic mass is 10.1. The molecule has 4 rings (SSSR count). The smallest absolute Gasteiger partial charge is 0.341 e. The maximum absolute atomic E-state index is 12.9. The number of thiocarbonyl (C=S) groups is 1. The van der Waals surface area contributed by atoms with Gasteiger partial charge in [-0.15, -0.1) is 11.3 Å². The van der Waals surface area contributed by atoms with Gasteiger partial charge in [-0.2, -0.15) is 0 Å². The summed E-state index contributed by atoms with van der Waals surface area (Å²) in [6.07, 6.45) is 1.77. The van der Waals surface area contributed by atoms with Crippen LogP contribution in [0.1, 0.15) is 33.3 Å². The van der Waals surface area contributed by atoms with Crippen molar-refractivity contribution in [2.75, 3.05) is 23.4 Å². The standard InChI is InChI=1S/C27H24N2O5S3/c1-4-33-26(32)23-16(2)17(3)36-24(23)28-22(30)15-34-20-12-10-18(11-13-20)14-21-25(31)29(27(35)37-21)19-8-6-5-7-9-19/h5-14H,4,15H2,1-3H3,(H,28,30)/b21-14-. The van der Waals surface area contributed by atoms with E-state index in [0.29, 0.717) is 25.5 Å². The van der Waals surface area contributed by atoms with Gasteiger partial charge in [0, 0.05) is 4.88 Å². The van der Waals surface area contributed by atoms with Crippen molar-refractivity contribution in [3.63, 3.8) is 0 Å². The van der Waals surface area contributed by atoms with Gasteiger partial charge in [0.15, 0.2) is 10.9 Å². The minimum absolute atomic E-state index is 0.167. The number of nitrogens with one attached hydrogen (secondary N) is 1. The average Bonchev–Trinajstić information content (AvgIpc) is 3.32. The Labute approximate surface area is 228 Å². The van der Waals surface area contributed by atoms with E-state index in [2.05, 4.69) is 5.32 Å². The molecule has 10 heteroatoms. The van der Waals surface area contributed by atoms with E-state index in [0.717, 1.165) is 21.7 Å². The van der Waals surface area contributed by atoms with Crippen LogP contribution in [0.25, 0.3) is 6.08 Å². The van der Waals surface area contributed by atoms with E-state index >= 15 is 0 Å². The summed E-state index contributed by atoms with van der Waals surface area (Å²) in [5, 5.41) is 3.20. The summed E-state index contributed by atoms with van der Waals surface area (Å²) in [6, 6.07) is 16.3. The number of thioether (sulfide) groups is 1. The summed E-state index contributed by atoms with van der Waals surface area (Å²) >= 11 is 7.98. The van der Waals surface area contributed by atoms with Gasteiger partial charge in [-0.1, -0.05) is 54.3 Å². The molecular formula is C27H24N2O5S3. The van der Waals surface area contributed by atoms with Crippen molar-refractivity contribution >= 4 is 74.2 Å². The molecule has 2 amide bonds. The lowest BCUT2D eigenvalue weighted by Crippen LogP contribution is -2.27. The van der Waals surface area contributed by atoms with Crippen LogP contribution in [-0.4, -0.2) is 35.3 Å². The Balaban J connectivity index is 1.37. The molecule has 1 aromatic heterocycles. The summed E-state index contributed by atoms with van der Waals surface area (Å²) in [6.45, 7) is 5.47. The van der Waals surface area contributed by atoms with E-state index in [1.54, 1.807) is 37.3 Å². The predicted octanol–water partition coefficient (Wildman–Crippen LogP) is 5.96. The largest absolute Gasteiger partial charge is 0.484 e. The molecule has 0 saturated carbocycles. The number of benzene rings is 2. The van der Waals surface area contributed by atoms with Crippen LogP contribution in [0.15, 0.2) is 59.5 Å². The van der Waals surface area contributed by atoms with Crippen molar-refractivity contribution < 1.29 is 23.9 Å². The van der Waals surface area contributed by atoms with Crippen LogP contribution in [0.5, 0.6) is 5.75 Å². The molecule has 0 spiro atoms. The minimum atomic E-state index is -0.461. The van der Waals surface area contributed by atoms with E-state index in [-0.39, 0.29) is 25.0 Å². The van der Waals surface area contributed by atoms with Crippen LogP contribution in [-0.2, 0) is 14.3 Å². The van der Waals surface area contributed by atoms with Crippen molar-refractivity contribution in [3.05, 3.63) is 81.1 Å². The first kappa shape index (κ1) is 26.6. The molecule has 37 heavy (non-hydrogen) atoms. The van der Waals surface area contributed by atoms with Crippen LogP contribution in [0.4, 0.5) is 10.7 Å². The second-order valence-corrected chi connectivity index (χ2v) is 10.9. The number of aryl methyl sites for hydroxylation is 1. The second kappa shape index (κ2) is 11.7. The van der Waals surface area contributed by atoms with E-state index in [1.165, 1.54) is 28.0 Å². The Morgan fingerprint density at radius 3 is 2.46 bits per heavy atom. The van der Waals surface area contributed by atoms with Crippen molar-refractivity contribution in [2.24, 2.45) is 0 Å². The molecule has 3 aromatic rings. The number of hydrogen-bond donors (Lipinski definition) is 1. The quantitative estimate of drug-likeness (QED) is 0.210. The number of hydrogen-bond acceptors (Lipinski definition) is 8. The second-order valence-electron chi connectivity index (χ2n) is 7.97. The number of carbonyl (C=O) groups excluding carboxylic acids is 3. The molecule has 0 atom stereocenters. The highest BCUT2D eigenvalue weighted by atomic mass is 32.2. The fraction of sp³-hybridized carbons (Fsp3) is 0.185. The molecule has 1 N–H and O–H groups in total. The van der Waals surface area contributed by atoms with Gasteiger partial charge in [0.05, 0.1) is 22.8 Å². The van der Waals surface area contributed by atoms with E-state index in [9.17, 15) is 14.4 Å². The van der Waals surface area contributed by atoms with Gasteiger partial charge >= 0.3 is 5.97 Å². The molecule has 1 aliphatic rings. The monoisotopic (exact) mass is 552 g/mol. The first-order valence-electron chi connectivity index (χ1n) is 11.4. The Hall–Kier alpha value is -3.47. The molecular weight excluding hydrogens is 529 g/mol. The van der Waals surface area contributed by atoms with E-state index < -0.39 is 5.97 Å². The molecule has 7 nitrogen and oxygen atoms in total. The topological polar surface area (TPSA) is 84.9 Å². The van der Waals surface area contributed by atoms with Crippen molar-refractivity contribution in [3.8, 4) is 5.75 Å². The Morgan fingerprint density at radius 2 is 1.78 bits per heavy atom. The van der Waals surface area contributed by atoms with E-state index in [4.69, 9.17) is 21.7 Å². The number of thiophene rings is 1. The first-order valence-corrected chi connectivity index (χ1v) is 13.5. The summed E-state index contributed by atoms with van der Waals surface area (Å²) < 4.78 is 11.2. The number of amides is 2. The molecule has 1 fully saturated rings. The maximum atomic E-state index is 12.9. The number of carbonyl (C=O) groups is 3. The predicted molar refractivity (Wildman–Crippen MR) is 152 cm³/mol. The Bertz CT molecular complexity index is 1380. The summed E-state index contributed by atoms with van der Waals surface area (Å²) in [5.41, 5.74) is 2.70. The van der Waals surface area contributed by atoms with Gasteiger partial charge < -0.3 is 14.8 Å². The Morgan fingerprint density at radius 1 is 1.08 bits per heavy atom. The lowest BCUT2D eigenvalue weighted by Gasteiger charge is -2.13. The molecule has 1 aliphatic heterocycles. The fourth-order valence-electron chi connectivity index (χ4n) is 3.55. The van der Waals surface area contributed by atoms with Gasteiger partial charge in [0.1, 0.15) is 10.8 Å². The van der Waals surface area contributed by atoms with Crippen molar-refractivity contribution in [1.29, 1.82) is 0 Å². The maximum Gasteiger partial charge on any atom is 0.341 e. The SMILES string of the molecule is CCOC(=O)c1c(NC(=O)COc2ccc(/C=C3\SC(=S)N(c4ccccc4)C3=O)cc2)sc(C)c1C. The number of rotatable bonds is 8. The molecule has 0 radical (unpaired) electrons. The number of ether oxygens (including phenoxy) is 2. The third kappa shape index (κ3) is 6.10. The zero-order valence-corrected chi connectivity index (χ0v) is 22.9. The molecule has 190 valence electrons. The molecule has 0 aliphatic carbocycles.